The van der Waals surface area contributed by atoms with Crippen LogP contribution in [0.2, 0.25) is 0 Å². The molecule has 0 saturated heterocycles. The van der Waals surface area contributed by atoms with Gasteiger partial charge in [0.05, 0.1) is 11.0 Å². The van der Waals surface area contributed by atoms with Gasteiger partial charge in [-0.25, -0.2) is 4.79 Å². The molecule has 3 N–H and O–H groups in total. The number of aryl methyl sites for hydroxylation is 1. The summed E-state index contributed by atoms with van der Waals surface area (Å²) >= 11 is 0. The molecule has 0 unspecified atom stereocenters. The first-order valence-corrected chi connectivity index (χ1v) is 8.06. The van der Waals surface area contributed by atoms with Crippen molar-refractivity contribution in [3.05, 3.63) is 69.8 Å². The molecule has 7 heteroatoms. The number of amides is 2. The van der Waals surface area contributed by atoms with Crippen molar-refractivity contribution in [2.45, 2.75) is 19.9 Å². The molecule has 0 bridgehead atoms. The Bertz CT molecular complexity index is 749. The number of nitrogens with one attached hydrogen (secondary N) is 3. The van der Waals surface area contributed by atoms with Crippen molar-refractivity contribution in [1.29, 1.82) is 0 Å². The van der Waals surface area contributed by atoms with Crippen molar-refractivity contribution in [3.63, 3.8) is 0 Å². The number of carbonyl (C=O) groups is 1. The maximum absolute atomic E-state index is 12.0. The van der Waals surface area contributed by atoms with E-state index in [9.17, 15) is 14.9 Å². The van der Waals surface area contributed by atoms with Crippen LogP contribution in [0.5, 0.6) is 0 Å². The zero-order valence-electron chi connectivity index (χ0n) is 14.3. The van der Waals surface area contributed by atoms with E-state index >= 15 is 0 Å². The zero-order valence-corrected chi connectivity index (χ0v) is 14.3. The molecule has 7 nitrogen and oxygen atoms in total. The minimum Gasteiger partial charge on any atom is -0.378 e. The molecule has 132 valence electrons. The molecule has 2 aromatic carbocycles. The van der Waals surface area contributed by atoms with E-state index in [-0.39, 0.29) is 17.8 Å². The number of rotatable bonds is 7. The number of anilines is 1. The number of nitrogens with zero attached hydrogens (tertiary/aromatic N) is 1. The largest absolute Gasteiger partial charge is 0.378 e. The van der Waals surface area contributed by atoms with Crippen molar-refractivity contribution in [2.24, 2.45) is 0 Å². The van der Waals surface area contributed by atoms with Crippen LogP contribution in [-0.2, 0) is 0 Å². The number of benzene rings is 2. The number of hydrogen-bond donors (Lipinski definition) is 3. The Labute approximate surface area is 146 Å². The van der Waals surface area contributed by atoms with Gasteiger partial charge in [-0.1, -0.05) is 36.4 Å². The topological polar surface area (TPSA) is 96.3 Å². The second-order valence-corrected chi connectivity index (χ2v) is 5.68. The second-order valence-electron chi connectivity index (χ2n) is 5.68. The Morgan fingerprint density at radius 3 is 2.52 bits per heavy atom. The summed E-state index contributed by atoms with van der Waals surface area (Å²) in [6.45, 7) is 4.66. The Hall–Kier alpha value is -3.09. The minimum absolute atomic E-state index is 0.0140. The van der Waals surface area contributed by atoms with Crippen molar-refractivity contribution in [1.82, 2.24) is 10.6 Å². The van der Waals surface area contributed by atoms with Gasteiger partial charge in [-0.15, -0.1) is 0 Å². The summed E-state index contributed by atoms with van der Waals surface area (Å²) in [4.78, 5) is 22.5. The van der Waals surface area contributed by atoms with Gasteiger partial charge in [-0.2, -0.15) is 0 Å². The summed E-state index contributed by atoms with van der Waals surface area (Å²) in [7, 11) is 0. The SMILES string of the molecule is Cc1ccccc1[C@H](C)NC(=O)NCCNc1ccccc1[N+](=O)[O-]. The van der Waals surface area contributed by atoms with Crippen LogP contribution in [0.4, 0.5) is 16.2 Å². The summed E-state index contributed by atoms with van der Waals surface area (Å²) in [5, 5.41) is 19.5. The van der Waals surface area contributed by atoms with E-state index in [1.807, 2.05) is 38.1 Å². The van der Waals surface area contributed by atoms with Gasteiger partial charge in [0.2, 0.25) is 0 Å². The molecule has 0 aliphatic heterocycles. The summed E-state index contributed by atoms with van der Waals surface area (Å²) in [5.74, 6) is 0. The van der Waals surface area contributed by atoms with Crippen molar-refractivity contribution in [3.8, 4) is 0 Å². The zero-order chi connectivity index (χ0) is 18.2. The Kier molecular flexibility index (Phi) is 6.33. The molecule has 0 heterocycles. The summed E-state index contributed by atoms with van der Waals surface area (Å²) in [5.41, 5.74) is 2.63. The third-order valence-corrected chi connectivity index (χ3v) is 3.83. The van der Waals surface area contributed by atoms with Crippen molar-refractivity contribution in [2.75, 3.05) is 18.4 Å². The van der Waals surface area contributed by atoms with Gasteiger partial charge in [0, 0.05) is 19.2 Å². The first kappa shape index (κ1) is 18.3. The van der Waals surface area contributed by atoms with Crippen LogP contribution >= 0.6 is 0 Å². The van der Waals surface area contributed by atoms with Gasteiger partial charge in [0.1, 0.15) is 5.69 Å². The fourth-order valence-corrected chi connectivity index (χ4v) is 2.55. The highest BCUT2D eigenvalue weighted by Crippen LogP contribution is 2.22. The standard InChI is InChI=1S/C18H22N4O3/c1-13-7-3-4-8-15(13)14(2)21-18(23)20-12-11-19-16-9-5-6-10-17(16)22(24)25/h3-10,14,19H,11-12H2,1-2H3,(H2,20,21,23)/t14-/m0/s1. The summed E-state index contributed by atoms with van der Waals surface area (Å²) in [6, 6.07) is 13.9. The Morgan fingerprint density at radius 2 is 1.80 bits per heavy atom. The predicted octanol–water partition coefficient (Wildman–Crippen LogP) is 3.38. The monoisotopic (exact) mass is 342 g/mol. The number of nitro benzene ring substituents is 1. The van der Waals surface area contributed by atoms with E-state index < -0.39 is 4.92 Å². The molecule has 0 spiro atoms. The molecule has 2 rings (SSSR count). The number of carbonyl (C=O) groups excluding carboxylic acids is 1. The van der Waals surface area contributed by atoms with Crippen molar-refractivity contribution < 1.29 is 9.72 Å². The molecule has 0 saturated carbocycles. The first-order valence-electron chi connectivity index (χ1n) is 8.06. The third kappa shape index (κ3) is 5.20. The van der Waals surface area contributed by atoms with Gasteiger partial charge in [0.25, 0.3) is 5.69 Å². The lowest BCUT2D eigenvalue weighted by Crippen LogP contribution is -2.39. The molecule has 0 aliphatic carbocycles. The number of urea groups is 1. The smallest absolute Gasteiger partial charge is 0.315 e. The molecule has 2 amide bonds. The van der Waals surface area contributed by atoms with E-state index in [4.69, 9.17) is 0 Å². The molecule has 25 heavy (non-hydrogen) atoms. The predicted molar refractivity (Wildman–Crippen MR) is 97.7 cm³/mol. The van der Waals surface area contributed by atoms with Crippen LogP contribution in [0, 0.1) is 17.0 Å². The number of para-hydroxylation sites is 2. The molecule has 0 fully saturated rings. The number of nitro groups is 1. The van der Waals surface area contributed by atoms with Crippen LogP contribution in [-0.4, -0.2) is 24.0 Å². The van der Waals surface area contributed by atoms with Crippen LogP contribution in [0.3, 0.4) is 0 Å². The van der Waals surface area contributed by atoms with Gasteiger partial charge in [0.15, 0.2) is 0 Å². The first-order chi connectivity index (χ1) is 12.0. The molecule has 2 aromatic rings. The highest BCUT2D eigenvalue weighted by molar-refractivity contribution is 5.74. The average Bonchev–Trinajstić information content (AvgIpc) is 2.59. The van der Waals surface area contributed by atoms with Gasteiger partial charge in [-0.3, -0.25) is 10.1 Å². The maximum atomic E-state index is 12.0. The number of hydrogen-bond acceptors (Lipinski definition) is 4. The fourth-order valence-electron chi connectivity index (χ4n) is 2.55. The third-order valence-electron chi connectivity index (χ3n) is 3.83. The summed E-state index contributed by atoms with van der Waals surface area (Å²) in [6.07, 6.45) is 0. The molecule has 0 radical (unpaired) electrons. The highest BCUT2D eigenvalue weighted by atomic mass is 16.6. The van der Waals surface area contributed by atoms with Crippen LogP contribution in [0.25, 0.3) is 0 Å². The summed E-state index contributed by atoms with van der Waals surface area (Å²) < 4.78 is 0. The fraction of sp³-hybridized carbons (Fsp3) is 0.278. The van der Waals surface area contributed by atoms with E-state index in [1.54, 1.807) is 18.2 Å². The van der Waals surface area contributed by atoms with Crippen LogP contribution in [0.15, 0.2) is 48.5 Å². The quantitative estimate of drug-likeness (QED) is 0.408. The van der Waals surface area contributed by atoms with E-state index in [1.165, 1.54) is 6.07 Å². The Balaban J connectivity index is 1.78. The maximum Gasteiger partial charge on any atom is 0.315 e. The normalized spacial score (nSPS) is 11.4. The molecule has 0 aliphatic rings. The van der Waals surface area contributed by atoms with E-state index in [0.717, 1.165) is 11.1 Å². The highest BCUT2D eigenvalue weighted by Gasteiger charge is 2.12. The second kappa shape index (κ2) is 8.68. The average molecular weight is 342 g/mol. The Morgan fingerprint density at radius 1 is 1.12 bits per heavy atom. The minimum atomic E-state index is -0.438. The lowest BCUT2D eigenvalue weighted by molar-refractivity contribution is -0.384. The lowest BCUT2D eigenvalue weighted by Gasteiger charge is -2.17. The van der Waals surface area contributed by atoms with Crippen LogP contribution < -0.4 is 16.0 Å². The van der Waals surface area contributed by atoms with Gasteiger partial charge in [-0.05, 0) is 31.0 Å². The van der Waals surface area contributed by atoms with Gasteiger partial charge >= 0.3 is 6.03 Å². The van der Waals surface area contributed by atoms with Crippen molar-refractivity contribution >= 4 is 17.4 Å². The molecular weight excluding hydrogens is 320 g/mol. The molecular formula is C18H22N4O3. The van der Waals surface area contributed by atoms with E-state index in [0.29, 0.717) is 18.8 Å². The van der Waals surface area contributed by atoms with Crippen LogP contribution in [0.1, 0.15) is 24.1 Å². The van der Waals surface area contributed by atoms with E-state index in [2.05, 4.69) is 16.0 Å². The molecule has 0 aromatic heterocycles. The van der Waals surface area contributed by atoms with Gasteiger partial charge < -0.3 is 16.0 Å². The lowest BCUT2D eigenvalue weighted by atomic mass is 10.0. The molecule has 1 atom stereocenters.